The second-order valence-electron chi connectivity index (χ2n) is 4.83. The molecule has 0 aliphatic carbocycles. The molecule has 1 aliphatic heterocycles. The minimum absolute atomic E-state index is 0.524. The van der Waals surface area contributed by atoms with Crippen molar-refractivity contribution < 1.29 is 14.6 Å². The molecule has 19 heavy (non-hydrogen) atoms. The van der Waals surface area contributed by atoms with Crippen molar-refractivity contribution in [2.75, 3.05) is 25.1 Å². The van der Waals surface area contributed by atoms with Gasteiger partial charge in [-0.25, -0.2) is 4.98 Å². The number of aliphatic carboxylic acids is 1. The first kappa shape index (κ1) is 13.6. The molecule has 1 aliphatic rings. The van der Waals surface area contributed by atoms with Gasteiger partial charge in [-0.1, -0.05) is 6.92 Å². The van der Waals surface area contributed by atoms with E-state index in [1.807, 2.05) is 11.8 Å². The number of aromatic nitrogens is 2. The number of piperidine rings is 1. The summed E-state index contributed by atoms with van der Waals surface area (Å²) in [5, 5.41) is 9.36. The van der Waals surface area contributed by atoms with Gasteiger partial charge in [-0.2, -0.15) is 4.98 Å². The van der Waals surface area contributed by atoms with Gasteiger partial charge < -0.3 is 14.7 Å². The van der Waals surface area contributed by atoms with Gasteiger partial charge in [0, 0.05) is 25.4 Å². The van der Waals surface area contributed by atoms with E-state index in [-0.39, 0.29) is 0 Å². The maximum Gasteiger partial charge on any atom is 0.309 e. The Kier molecular flexibility index (Phi) is 3.87. The Balaban J connectivity index is 2.09. The molecule has 1 aromatic rings. The third kappa shape index (κ3) is 2.62. The fourth-order valence-corrected chi connectivity index (χ4v) is 2.45. The molecule has 0 atom stereocenters. The number of nitrogens with zero attached hydrogens (tertiary/aromatic N) is 3. The van der Waals surface area contributed by atoms with Gasteiger partial charge in [-0.3, -0.25) is 4.79 Å². The number of hydrogen-bond acceptors (Lipinski definition) is 5. The van der Waals surface area contributed by atoms with E-state index in [4.69, 9.17) is 4.74 Å². The average molecular weight is 265 g/mol. The quantitative estimate of drug-likeness (QED) is 0.890. The summed E-state index contributed by atoms with van der Waals surface area (Å²) in [7, 11) is 1.56. The molecule has 1 aromatic heterocycles. The number of methoxy groups -OCH3 is 1. The van der Waals surface area contributed by atoms with E-state index in [1.165, 1.54) is 0 Å². The molecular formula is C13H19N3O3. The van der Waals surface area contributed by atoms with E-state index in [0.717, 1.165) is 0 Å². The van der Waals surface area contributed by atoms with Crippen LogP contribution in [0, 0.1) is 5.41 Å². The van der Waals surface area contributed by atoms with Gasteiger partial charge in [0.05, 0.1) is 12.5 Å². The molecule has 1 saturated heterocycles. The summed E-state index contributed by atoms with van der Waals surface area (Å²) in [6, 6.07) is 1.70. The van der Waals surface area contributed by atoms with Crippen LogP contribution in [0.4, 0.5) is 5.95 Å². The molecule has 6 heteroatoms. The molecule has 0 spiro atoms. The summed E-state index contributed by atoms with van der Waals surface area (Å²) in [4.78, 5) is 21.9. The minimum atomic E-state index is -0.693. The molecule has 0 bridgehead atoms. The normalized spacial score (nSPS) is 18.1. The van der Waals surface area contributed by atoms with Crippen molar-refractivity contribution in [1.82, 2.24) is 9.97 Å². The highest BCUT2D eigenvalue weighted by atomic mass is 16.5. The molecule has 104 valence electrons. The van der Waals surface area contributed by atoms with Gasteiger partial charge in [0.15, 0.2) is 0 Å². The van der Waals surface area contributed by atoms with Crippen molar-refractivity contribution in [2.24, 2.45) is 5.41 Å². The summed E-state index contributed by atoms with van der Waals surface area (Å²) < 4.78 is 5.07. The number of hydrogen-bond donors (Lipinski definition) is 1. The number of carbonyl (C=O) groups is 1. The van der Waals surface area contributed by atoms with Crippen molar-refractivity contribution in [1.29, 1.82) is 0 Å². The Hall–Kier alpha value is -1.85. The average Bonchev–Trinajstić information content (AvgIpc) is 2.47. The van der Waals surface area contributed by atoms with Crippen molar-refractivity contribution in [3.63, 3.8) is 0 Å². The van der Waals surface area contributed by atoms with Crippen LogP contribution in [0.1, 0.15) is 26.2 Å². The molecule has 0 radical (unpaired) electrons. The first-order valence-corrected chi connectivity index (χ1v) is 6.46. The van der Waals surface area contributed by atoms with Crippen LogP contribution < -0.4 is 9.64 Å². The Morgan fingerprint density at radius 3 is 2.74 bits per heavy atom. The second kappa shape index (κ2) is 5.42. The van der Waals surface area contributed by atoms with Crippen LogP contribution in [0.15, 0.2) is 12.3 Å². The lowest BCUT2D eigenvalue weighted by Crippen LogP contribution is -2.44. The van der Waals surface area contributed by atoms with E-state index < -0.39 is 11.4 Å². The summed E-state index contributed by atoms with van der Waals surface area (Å²) >= 11 is 0. The first-order chi connectivity index (χ1) is 9.11. The lowest BCUT2D eigenvalue weighted by atomic mass is 9.76. The fraction of sp³-hybridized carbons (Fsp3) is 0.615. The fourth-order valence-electron chi connectivity index (χ4n) is 2.45. The number of ether oxygens (including phenoxy) is 1. The topological polar surface area (TPSA) is 75.5 Å². The maximum absolute atomic E-state index is 11.4. The van der Waals surface area contributed by atoms with Crippen LogP contribution >= 0.6 is 0 Å². The highest BCUT2D eigenvalue weighted by Crippen LogP contribution is 2.36. The van der Waals surface area contributed by atoms with Crippen molar-refractivity contribution in [3.8, 4) is 5.88 Å². The van der Waals surface area contributed by atoms with E-state index in [0.29, 0.717) is 44.2 Å². The van der Waals surface area contributed by atoms with E-state index in [2.05, 4.69) is 9.97 Å². The molecular weight excluding hydrogens is 246 g/mol. The molecule has 6 nitrogen and oxygen atoms in total. The van der Waals surface area contributed by atoms with Gasteiger partial charge in [0.25, 0.3) is 0 Å². The second-order valence-corrected chi connectivity index (χ2v) is 4.83. The van der Waals surface area contributed by atoms with Crippen molar-refractivity contribution >= 4 is 11.9 Å². The van der Waals surface area contributed by atoms with Gasteiger partial charge >= 0.3 is 5.97 Å². The lowest BCUT2D eigenvalue weighted by Gasteiger charge is -2.38. The van der Waals surface area contributed by atoms with Crippen LogP contribution in [0.5, 0.6) is 5.88 Å². The van der Waals surface area contributed by atoms with Gasteiger partial charge in [-0.15, -0.1) is 0 Å². The zero-order chi connectivity index (χ0) is 13.9. The lowest BCUT2D eigenvalue weighted by molar-refractivity contribution is -0.150. The summed E-state index contributed by atoms with van der Waals surface area (Å²) in [5.74, 6) is 0.436. The number of carboxylic acids is 1. The zero-order valence-corrected chi connectivity index (χ0v) is 11.3. The van der Waals surface area contributed by atoms with Crippen molar-refractivity contribution in [3.05, 3.63) is 12.3 Å². The molecule has 1 fully saturated rings. The Labute approximate surface area is 112 Å². The zero-order valence-electron chi connectivity index (χ0n) is 11.3. The molecule has 0 unspecified atom stereocenters. The van der Waals surface area contributed by atoms with E-state index in [9.17, 15) is 9.90 Å². The van der Waals surface area contributed by atoms with Crippen LogP contribution in [-0.2, 0) is 4.79 Å². The number of anilines is 1. The first-order valence-electron chi connectivity index (χ1n) is 6.46. The molecule has 0 saturated carbocycles. The standard InChI is InChI=1S/C13H19N3O3/c1-3-13(11(17)18)5-8-16(9-6-13)12-14-7-4-10(15-12)19-2/h4,7H,3,5-6,8-9H2,1-2H3,(H,17,18). The highest BCUT2D eigenvalue weighted by Gasteiger charge is 2.40. The Morgan fingerprint density at radius 2 is 2.21 bits per heavy atom. The van der Waals surface area contributed by atoms with E-state index >= 15 is 0 Å². The van der Waals surface area contributed by atoms with Crippen LogP contribution in [0.25, 0.3) is 0 Å². The van der Waals surface area contributed by atoms with Gasteiger partial charge in [0.1, 0.15) is 0 Å². The molecule has 2 heterocycles. The number of carboxylic acid groups (broad SMARTS) is 1. The monoisotopic (exact) mass is 265 g/mol. The summed E-state index contributed by atoms with van der Waals surface area (Å²) in [6.07, 6.45) is 3.56. The third-order valence-electron chi connectivity index (χ3n) is 3.96. The van der Waals surface area contributed by atoms with Crippen LogP contribution in [0.2, 0.25) is 0 Å². The van der Waals surface area contributed by atoms with Gasteiger partial charge in [-0.05, 0) is 19.3 Å². The van der Waals surface area contributed by atoms with Crippen molar-refractivity contribution in [2.45, 2.75) is 26.2 Å². The summed E-state index contributed by atoms with van der Waals surface area (Å²) in [5.41, 5.74) is -0.588. The maximum atomic E-state index is 11.4. The smallest absolute Gasteiger partial charge is 0.309 e. The SMILES string of the molecule is CCC1(C(=O)O)CCN(c2nccc(OC)n2)CC1. The largest absolute Gasteiger partial charge is 0.481 e. The Bertz CT molecular complexity index is 456. The third-order valence-corrected chi connectivity index (χ3v) is 3.96. The van der Waals surface area contributed by atoms with Crippen LogP contribution in [-0.4, -0.2) is 41.2 Å². The molecule has 2 rings (SSSR count). The predicted molar refractivity (Wildman–Crippen MR) is 70.4 cm³/mol. The summed E-state index contributed by atoms with van der Waals surface area (Å²) in [6.45, 7) is 3.26. The van der Waals surface area contributed by atoms with E-state index in [1.54, 1.807) is 19.4 Å². The minimum Gasteiger partial charge on any atom is -0.481 e. The van der Waals surface area contributed by atoms with Crippen LogP contribution in [0.3, 0.4) is 0 Å². The molecule has 0 amide bonds. The highest BCUT2D eigenvalue weighted by molar-refractivity contribution is 5.75. The predicted octanol–water partition coefficient (Wildman–Crippen LogP) is 1.57. The molecule has 0 aromatic carbocycles. The molecule has 1 N–H and O–H groups in total. The number of rotatable bonds is 4. The Morgan fingerprint density at radius 1 is 1.53 bits per heavy atom. The van der Waals surface area contributed by atoms with Gasteiger partial charge in [0.2, 0.25) is 11.8 Å².